The summed E-state index contributed by atoms with van der Waals surface area (Å²) in [5.41, 5.74) is 4.69. The first-order chi connectivity index (χ1) is 13.7. The molecule has 156 valence electrons. The highest BCUT2D eigenvalue weighted by Gasteiger charge is 2.42. The molecule has 0 bridgehead atoms. The largest absolute Gasteiger partial charge is 0.493 e. The van der Waals surface area contributed by atoms with Crippen molar-refractivity contribution >= 4 is 27.5 Å². The first-order valence-corrected chi connectivity index (χ1v) is 10.9. The number of ether oxygens (including phenoxy) is 1. The fraction of sp³-hybridized carbons (Fsp3) is 0.350. The van der Waals surface area contributed by atoms with Crippen LogP contribution in [0.25, 0.3) is 0 Å². The van der Waals surface area contributed by atoms with Gasteiger partial charge in [-0.15, -0.1) is 0 Å². The molecule has 1 atom stereocenters. The van der Waals surface area contributed by atoms with Gasteiger partial charge in [0, 0.05) is 29.9 Å². The minimum absolute atomic E-state index is 0.00420. The summed E-state index contributed by atoms with van der Waals surface area (Å²) in [5, 5.41) is 0.510. The molecule has 1 amide bonds. The second-order valence-corrected chi connectivity index (χ2v) is 9.66. The lowest BCUT2D eigenvalue weighted by Gasteiger charge is -2.41. The Morgan fingerprint density at radius 1 is 1.24 bits per heavy atom. The van der Waals surface area contributed by atoms with Gasteiger partial charge in [0.1, 0.15) is 11.6 Å². The van der Waals surface area contributed by atoms with Crippen LogP contribution in [0.3, 0.4) is 0 Å². The zero-order valence-corrected chi connectivity index (χ0v) is 17.3. The number of carbonyl (C=O) groups is 1. The van der Waals surface area contributed by atoms with Crippen molar-refractivity contribution in [2.24, 2.45) is 11.1 Å². The minimum Gasteiger partial charge on any atom is -0.493 e. The zero-order valence-electron chi connectivity index (χ0n) is 15.7. The zero-order chi connectivity index (χ0) is 21.1. The molecule has 0 aromatic heterocycles. The fourth-order valence-corrected chi connectivity index (χ4v) is 5.37. The third kappa shape index (κ3) is 5.26. The van der Waals surface area contributed by atoms with E-state index in [1.165, 1.54) is 16.4 Å². The van der Waals surface area contributed by atoms with Gasteiger partial charge in [-0.2, -0.15) is 4.31 Å². The number of sulfonamides is 1. The molecule has 29 heavy (non-hydrogen) atoms. The van der Waals surface area contributed by atoms with Gasteiger partial charge in [-0.3, -0.25) is 4.79 Å². The highest BCUT2D eigenvalue weighted by atomic mass is 35.5. The molecule has 3 rings (SSSR count). The molecule has 1 fully saturated rings. The van der Waals surface area contributed by atoms with Gasteiger partial charge in [-0.1, -0.05) is 17.7 Å². The van der Waals surface area contributed by atoms with Crippen LogP contribution in [0.5, 0.6) is 5.75 Å². The Morgan fingerprint density at radius 3 is 2.62 bits per heavy atom. The van der Waals surface area contributed by atoms with Gasteiger partial charge in [0.2, 0.25) is 15.9 Å². The van der Waals surface area contributed by atoms with Gasteiger partial charge < -0.3 is 10.5 Å². The number of halogens is 2. The summed E-state index contributed by atoms with van der Waals surface area (Å²) < 4.78 is 46.4. The van der Waals surface area contributed by atoms with Crippen LogP contribution in [0.4, 0.5) is 4.39 Å². The quantitative estimate of drug-likeness (QED) is 0.715. The third-order valence-corrected chi connectivity index (χ3v) is 7.06. The van der Waals surface area contributed by atoms with Crippen molar-refractivity contribution in [1.29, 1.82) is 0 Å². The summed E-state index contributed by atoms with van der Waals surface area (Å²) in [4.78, 5) is 11.7. The molecule has 1 aliphatic rings. The highest BCUT2D eigenvalue weighted by molar-refractivity contribution is 7.89. The summed E-state index contributed by atoms with van der Waals surface area (Å²) in [5.74, 6) is -0.513. The maximum atomic E-state index is 13.2. The van der Waals surface area contributed by atoms with E-state index in [-0.39, 0.29) is 24.5 Å². The summed E-state index contributed by atoms with van der Waals surface area (Å²) >= 11 is 5.98. The lowest BCUT2D eigenvalue weighted by molar-refractivity contribution is -0.121. The topological polar surface area (TPSA) is 89.7 Å². The van der Waals surface area contributed by atoms with Crippen molar-refractivity contribution in [2.75, 3.05) is 19.7 Å². The standard InChI is InChI=1S/C20H22ClFN2O4S/c21-15-3-1-4-17(11-15)28-14-20(12-19(23)25)9-2-10-24(13-20)29(26,27)18-7-5-16(22)6-8-18/h1,3-8,11H,2,9-10,12-14H2,(H2,23,25)/t20-/m0/s1. The van der Waals surface area contributed by atoms with Crippen LogP contribution in [0.15, 0.2) is 53.4 Å². The molecule has 9 heteroatoms. The fourth-order valence-electron chi connectivity index (χ4n) is 3.60. The van der Waals surface area contributed by atoms with Gasteiger partial charge in [0.25, 0.3) is 0 Å². The number of primary amides is 1. The number of piperidine rings is 1. The Morgan fingerprint density at radius 2 is 1.97 bits per heavy atom. The molecule has 0 saturated carbocycles. The molecule has 1 heterocycles. The molecule has 0 radical (unpaired) electrons. The van der Waals surface area contributed by atoms with Crippen LogP contribution in [0.1, 0.15) is 19.3 Å². The molecule has 2 aromatic rings. The Labute approximate surface area is 174 Å². The van der Waals surface area contributed by atoms with E-state index in [1.807, 2.05) is 0 Å². The number of hydrogen-bond donors (Lipinski definition) is 1. The van der Waals surface area contributed by atoms with E-state index in [9.17, 15) is 17.6 Å². The Balaban J connectivity index is 1.83. The number of benzene rings is 2. The SMILES string of the molecule is NC(=O)C[C@@]1(COc2cccc(Cl)c2)CCCN(S(=O)(=O)c2ccc(F)cc2)C1. The molecule has 0 aliphatic carbocycles. The summed E-state index contributed by atoms with van der Waals surface area (Å²) in [6, 6.07) is 11.5. The van der Waals surface area contributed by atoms with Gasteiger partial charge in [0.15, 0.2) is 0 Å². The number of rotatable bonds is 7. The van der Waals surface area contributed by atoms with Crippen molar-refractivity contribution in [3.63, 3.8) is 0 Å². The summed E-state index contributed by atoms with van der Waals surface area (Å²) in [7, 11) is -3.84. The molecule has 0 spiro atoms. The first kappa shape index (κ1) is 21.5. The molecule has 1 aliphatic heterocycles. The van der Waals surface area contributed by atoms with Gasteiger partial charge in [-0.25, -0.2) is 12.8 Å². The second-order valence-electron chi connectivity index (χ2n) is 7.29. The van der Waals surface area contributed by atoms with E-state index >= 15 is 0 Å². The van der Waals surface area contributed by atoms with Crippen molar-refractivity contribution in [2.45, 2.75) is 24.2 Å². The van der Waals surface area contributed by atoms with E-state index in [4.69, 9.17) is 22.1 Å². The number of nitrogens with zero attached hydrogens (tertiary/aromatic N) is 1. The monoisotopic (exact) mass is 440 g/mol. The minimum atomic E-state index is -3.84. The van der Waals surface area contributed by atoms with E-state index in [2.05, 4.69) is 0 Å². The average molecular weight is 441 g/mol. The Hall–Kier alpha value is -2.16. The lowest BCUT2D eigenvalue weighted by atomic mass is 9.78. The Bertz CT molecular complexity index is 984. The van der Waals surface area contributed by atoms with E-state index < -0.39 is 27.2 Å². The van der Waals surface area contributed by atoms with Crippen molar-refractivity contribution in [1.82, 2.24) is 4.31 Å². The lowest BCUT2D eigenvalue weighted by Crippen LogP contribution is -2.50. The number of nitrogens with two attached hydrogens (primary N) is 1. The number of hydrogen-bond acceptors (Lipinski definition) is 4. The Kier molecular flexibility index (Phi) is 6.45. The predicted molar refractivity (Wildman–Crippen MR) is 108 cm³/mol. The van der Waals surface area contributed by atoms with E-state index in [0.717, 1.165) is 12.1 Å². The number of carbonyl (C=O) groups excluding carboxylic acids is 1. The van der Waals surface area contributed by atoms with Crippen molar-refractivity contribution in [3.8, 4) is 5.75 Å². The predicted octanol–water partition coefficient (Wildman–Crippen LogP) is 3.20. The maximum Gasteiger partial charge on any atom is 0.243 e. The maximum absolute atomic E-state index is 13.2. The number of amides is 1. The molecule has 6 nitrogen and oxygen atoms in total. The third-order valence-electron chi connectivity index (χ3n) is 4.97. The molecule has 2 N–H and O–H groups in total. The van der Waals surface area contributed by atoms with Crippen LogP contribution in [0, 0.1) is 11.2 Å². The van der Waals surface area contributed by atoms with Crippen molar-refractivity contribution in [3.05, 3.63) is 59.4 Å². The summed E-state index contributed by atoms with van der Waals surface area (Å²) in [6.45, 7) is 0.499. The van der Waals surface area contributed by atoms with Crippen LogP contribution in [0.2, 0.25) is 5.02 Å². The highest BCUT2D eigenvalue weighted by Crippen LogP contribution is 2.36. The molecule has 0 unspecified atom stereocenters. The normalized spacial score (nSPS) is 20.3. The molecular weight excluding hydrogens is 419 g/mol. The van der Waals surface area contributed by atoms with Crippen LogP contribution in [-0.4, -0.2) is 38.3 Å². The average Bonchev–Trinajstić information content (AvgIpc) is 2.67. The molecule has 2 aromatic carbocycles. The molecule has 1 saturated heterocycles. The second kappa shape index (κ2) is 8.69. The van der Waals surface area contributed by atoms with E-state index in [0.29, 0.717) is 30.2 Å². The van der Waals surface area contributed by atoms with E-state index in [1.54, 1.807) is 24.3 Å². The van der Waals surface area contributed by atoms with Crippen molar-refractivity contribution < 1.29 is 22.3 Å². The van der Waals surface area contributed by atoms with Crippen LogP contribution >= 0.6 is 11.6 Å². The van der Waals surface area contributed by atoms with Gasteiger partial charge in [0.05, 0.1) is 11.5 Å². The summed E-state index contributed by atoms with van der Waals surface area (Å²) in [6.07, 6.45) is 1.13. The van der Waals surface area contributed by atoms with Gasteiger partial charge in [-0.05, 0) is 55.3 Å². The van der Waals surface area contributed by atoms with Gasteiger partial charge >= 0.3 is 0 Å². The van der Waals surface area contributed by atoms with Crippen LogP contribution in [-0.2, 0) is 14.8 Å². The van der Waals surface area contributed by atoms with Crippen LogP contribution < -0.4 is 10.5 Å². The smallest absolute Gasteiger partial charge is 0.243 e. The first-order valence-electron chi connectivity index (χ1n) is 9.13. The molecular formula is C20H22ClFN2O4S.